The van der Waals surface area contributed by atoms with Gasteiger partial charge in [0.1, 0.15) is 5.75 Å². The second-order valence-corrected chi connectivity index (χ2v) is 5.88. The number of benzene rings is 2. The zero-order chi connectivity index (χ0) is 17.2. The molecule has 136 valence electrons. The van der Waals surface area contributed by atoms with Crippen molar-refractivity contribution in [1.29, 1.82) is 0 Å². The molecule has 0 heterocycles. The molecular weight excluding hydrogens is 425 g/mol. The molecule has 0 saturated heterocycles. The number of aliphatic imine (C=N–C) groups is 1. The Morgan fingerprint density at radius 1 is 1.04 bits per heavy atom. The van der Waals surface area contributed by atoms with Crippen molar-refractivity contribution >= 4 is 29.9 Å². The molecule has 0 aliphatic heterocycles. The van der Waals surface area contributed by atoms with E-state index >= 15 is 0 Å². The van der Waals surface area contributed by atoms with Crippen molar-refractivity contribution < 1.29 is 5.11 Å². The SMILES string of the molecule is CCNC(=NCc1cccc(C)c1)NCCCc1ccc(O)cc1.I. The molecule has 0 saturated carbocycles. The lowest BCUT2D eigenvalue weighted by molar-refractivity contribution is 0.475. The second-order valence-electron chi connectivity index (χ2n) is 5.88. The molecule has 0 atom stereocenters. The molecule has 0 aliphatic rings. The molecule has 5 heteroatoms. The van der Waals surface area contributed by atoms with Crippen LogP contribution in [0.1, 0.15) is 30.0 Å². The number of rotatable bonds is 7. The fraction of sp³-hybridized carbons (Fsp3) is 0.350. The molecule has 0 aliphatic carbocycles. The van der Waals surface area contributed by atoms with Gasteiger partial charge in [-0.05, 0) is 49.9 Å². The summed E-state index contributed by atoms with van der Waals surface area (Å²) in [6.45, 7) is 6.55. The minimum absolute atomic E-state index is 0. The summed E-state index contributed by atoms with van der Waals surface area (Å²) in [5.74, 6) is 1.17. The zero-order valence-electron chi connectivity index (χ0n) is 15.0. The highest BCUT2D eigenvalue weighted by atomic mass is 127. The molecule has 2 rings (SSSR count). The van der Waals surface area contributed by atoms with E-state index in [4.69, 9.17) is 0 Å². The number of nitrogens with zero attached hydrogens (tertiary/aromatic N) is 1. The number of nitrogens with one attached hydrogen (secondary N) is 2. The van der Waals surface area contributed by atoms with Crippen molar-refractivity contribution in [3.05, 3.63) is 65.2 Å². The van der Waals surface area contributed by atoms with Crippen LogP contribution in [0.3, 0.4) is 0 Å². The Bertz CT molecular complexity index is 656. The van der Waals surface area contributed by atoms with E-state index in [1.807, 2.05) is 12.1 Å². The molecule has 0 spiro atoms. The third-order valence-electron chi connectivity index (χ3n) is 3.72. The Morgan fingerprint density at radius 3 is 2.48 bits per heavy atom. The van der Waals surface area contributed by atoms with E-state index in [1.54, 1.807) is 12.1 Å². The van der Waals surface area contributed by atoms with Crippen LogP contribution in [0.2, 0.25) is 0 Å². The van der Waals surface area contributed by atoms with Gasteiger partial charge < -0.3 is 15.7 Å². The van der Waals surface area contributed by atoms with Gasteiger partial charge in [-0.1, -0.05) is 42.0 Å². The van der Waals surface area contributed by atoms with Crippen LogP contribution < -0.4 is 10.6 Å². The van der Waals surface area contributed by atoms with Crippen molar-refractivity contribution in [2.75, 3.05) is 13.1 Å². The number of halogens is 1. The molecule has 0 amide bonds. The van der Waals surface area contributed by atoms with Crippen molar-refractivity contribution in [3.8, 4) is 5.75 Å². The van der Waals surface area contributed by atoms with E-state index in [-0.39, 0.29) is 24.0 Å². The van der Waals surface area contributed by atoms with Gasteiger partial charge >= 0.3 is 0 Å². The van der Waals surface area contributed by atoms with Crippen LogP contribution in [0.15, 0.2) is 53.5 Å². The molecule has 0 bridgehead atoms. The molecule has 0 radical (unpaired) electrons. The first-order chi connectivity index (χ1) is 11.7. The summed E-state index contributed by atoms with van der Waals surface area (Å²) in [5, 5.41) is 15.9. The Hall–Kier alpha value is -1.76. The molecule has 0 fully saturated rings. The Morgan fingerprint density at radius 2 is 1.80 bits per heavy atom. The lowest BCUT2D eigenvalue weighted by Gasteiger charge is -2.11. The van der Waals surface area contributed by atoms with Crippen LogP contribution in [-0.4, -0.2) is 24.2 Å². The lowest BCUT2D eigenvalue weighted by Crippen LogP contribution is -2.37. The Kier molecular flexibility index (Phi) is 9.99. The van der Waals surface area contributed by atoms with Gasteiger partial charge in [-0.3, -0.25) is 0 Å². The average molecular weight is 453 g/mol. The molecule has 0 aromatic heterocycles. The fourth-order valence-electron chi connectivity index (χ4n) is 2.48. The van der Waals surface area contributed by atoms with E-state index in [2.05, 4.69) is 53.7 Å². The minimum Gasteiger partial charge on any atom is -0.508 e. The monoisotopic (exact) mass is 453 g/mol. The summed E-state index contributed by atoms with van der Waals surface area (Å²) in [5.41, 5.74) is 3.71. The summed E-state index contributed by atoms with van der Waals surface area (Å²) >= 11 is 0. The summed E-state index contributed by atoms with van der Waals surface area (Å²) in [4.78, 5) is 4.64. The van der Waals surface area contributed by atoms with Crippen LogP contribution in [0.5, 0.6) is 5.75 Å². The maximum Gasteiger partial charge on any atom is 0.191 e. The number of guanidine groups is 1. The van der Waals surface area contributed by atoms with Crippen molar-refractivity contribution in [3.63, 3.8) is 0 Å². The van der Waals surface area contributed by atoms with E-state index in [9.17, 15) is 5.11 Å². The first kappa shape index (κ1) is 21.3. The van der Waals surface area contributed by atoms with E-state index in [0.29, 0.717) is 12.3 Å². The van der Waals surface area contributed by atoms with Crippen LogP contribution in [0.4, 0.5) is 0 Å². The first-order valence-corrected chi connectivity index (χ1v) is 8.53. The van der Waals surface area contributed by atoms with Gasteiger partial charge in [0.25, 0.3) is 0 Å². The predicted octanol–water partition coefficient (Wildman–Crippen LogP) is 4.01. The number of phenols is 1. The van der Waals surface area contributed by atoms with Gasteiger partial charge in [0.05, 0.1) is 6.54 Å². The van der Waals surface area contributed by atoms with Gasteiger partial charge in [0, 0.05) is 13.1 Å². The van der Waals surface area contributed by atoms with Crippen molar-refractivity contribution in [2.45, 2.75) is 33.2 Å². The predicted molar refractivity (Wildman–Crippen MR) is 116 cm³/mol. The molecule has 4 nitrogen and oxygen atoms in total. The standard InChI is InChI=1S/C20H27N3O.HI/c1-3-21-20(23-15-18-7-4-6-16(2)14-18)22-13-5-8-17-9-11-19(24)12-10-17;/h4,6-7,9-12,14,24H,3,5,8,13,15H2,1-2H3,(H2,21,22,23);1H. The average Bonchev–Trinajstić information content (AvgIpc) is 2.58. The van der Waals surface area contributed by atoms with E-state index in [0.717, 1.165) is 31.9 Å². The van der Waals surface area contributed by atoms with Crippen LogP contribution >= 0.6 is 24.0 Å². The summed E-state index contributed by atoms with van der Waals surface area (Å²) < 4.78 is 0. The largest absolute Gasteiger partial charge is 0.508 e. The van der Waals surface area contributed by atoms with Crippen molar-refractivity contribution in [2.24, 2.45) is 4.99 Å². The molecule has 0 unspecified atom stereocenters. The number of phenolic OH excluding ortho intramolecular Hbond substituents is 1. The van der Waals surface area contributed by atoms with Gasteiger partial charge in [0.15, 0.2) is 5.96 Å². The van der Waals surface area contributed by atoms with Gasteiger partial charge in [0.2, 0.25) is 0 Å². The van der Waals surface area contributed by atoms with Crippen LogP contribution in [-0.2, 0) is 13.0 Å². The molecule has 2 aromatic rings. The molecule has 3 N–H and O–H groups in total. The normalized spacial score (nSPS) is 10.9. The minimum atomic E-state index is 0. The van der Waals surface area contributed by atoms with Gasteiger partial charge in [-0.15, -0.1) is 24.0 Å². The molecule has 2 aromatic carbocycles. The van der Waals surface area contributed by atoms with E-state index in [1.165, 1.54) is 16.7 Å². The number of aryl methyl sites for hydroxylation is 2. The number of aromatic hydroxyl groups is 1. The first-order valence-electron chi connectivity index (χ1n) is 8.53. The number of hydrogen-bond donors (Lipinski definition) is 3. The highest BCUT2D eigenvalue weighted by Gasteiger charge is 1.99. The Balaban J connectivity index is 0.00000312. The van der Waals surface area contributed by atoms with Crippen LogP contribution in [0, 0.1) is 6.92 Å². The van der Waals surface area contributed by atoms with Gasteiger partial charge in [-0.25, -0.2) is 4.99 Å². The molecule has 25 heavy (non-hydrogen) atoms. The third kappa shape index (κ3) is 8.25. The summed E-state index contributed by atoms with van der Waals surface area (Å²) in [6, 6.07) is 15.8. The van der Waals surface area contributed by atoms with Crippen molar-refractivity contribution in [1.82, 2.24) is 10.6 Å². The quantitative estimate of drug-likeness (QED) is 0.257. The second kappa shape index (κ2) is 11.7. The highest BCUT2D eigenvalue weighted by Crippen LogP contribution is 2.10. The van der Waals surface area contributed by atoms with Gasteiger partial charge in [-0.2, -0.15) is 0 Å². The topological polar surface area (TPSA) is 56.7 Å². The number of hydrogen-bond acceptors (Lipinski definition) is 2. The fourth-order valence-corrected chi connectivity index (χ4v) is 2.48. The zero-order valence-corrected chi connectivity index (χ0v) is 17.3. The lowest BCUT2D eigenvalue weighted by atomic mass is 10.1. The molecular formula is C20H28IN3O. The third-order valence-corrected chi connectivity index (χ3v) is 3.72. The maximum atomic E-state index is 9.29. The highest BCUT2D eigenvalue weighted by molar-refractivity contribution is 14.0. The summed E-state index contributed by atoms with van der Waals surface area (Å²) in [6.07, 6.45) is 1.99. The Labute approximate surface area is 167 Å². The maximum absolute atomic E-state index is 9.29. The summed E-state index contributed by atoms with van der Waals surface area (Å²) in [7, 11) is 0. The smallest absolute Gasteiger partial charge is 0.191 e. The van der Waals surface area contributed by atoms with E-state index < -0.39 is 0 Å². The van der Waals surface area contributed by atoms with Crippen LogP contribution in [0.25, 0.3) is 0 Å².